The summed E-state index contributed by atoms with van der Waals surface area (Å²) in [6.07, 6.45) is -0.530. The molecule has 2 fully saturated rings. The van der Waals surface area contributed by atoms with Crippen LogP contribution in [0.4, 0.5) is 0 Å². The van der Waals surface area contributed by atoms with Gasteiger partial charge in [0.1, 0.15) is 0 Å². The third-order valence-corrected chi connectivity index (χ3v) is 5.20. The van der Waals surface area contributed by atoms with Crippen LogP contribution < -0.4 is 0 Å². The van der Waals surface area contributed by atoms with Gasteiger partial charge in [-0.2, -0.15) is 0 Å². The van der Waals surface area contributed by atoms with Gasteiger partial charge in [-0.15, -0.1) is 0 Å². The molecule has 2 heterocycles. The fraction of sp³-hybridized carbons (Fsp3) is 0.182. The Hall–Kier alpha value is -2.37. The summed E-state index contributed by atoms with van der Waals surface area (Å²) >= 11 is 0. The summed E-state index contributed by atoms with van der Waals surface area (Å²) < 4.78 is 24.6. The average molecular weight is 370 g/mol. The molecule has 6 heteroatoms. The molecule has 3 aromatic carbocycles. The molecule has 28 heavy (non-hydrogen) atoms. The van der Waals surface area contributed by atoms with Crippen LogP contribution in [0.3, 0.4) is 0 Å². The topological polar surface area (TPSA) is 36.9 Å². The van der Waals surface area contributed by atoms with E-state index in [9.17, 15) is 0 Å². The molecule has 2 saturated heterocycles. The molecule has 0 radical (unpaired) electrons. The third kappa shape index (κ3) is 3.52. The van der Waals surface area contributed by atoms with Crippen molar-refractivity contribution in [1.82, 2.24) is 0 Å². The van der Waals surface area contributed by atoms with Gasteiger partial charge in [0.05, 0.1) is 24.9 Å². The summed E-state index contributed by atoms with van der Waals surface area (Å²) in [7, 11) is -1.13. The summed E-state index contributed by atoms with van der Waals surface area (Å²) in [6, 6.07) is 30.4. The van der Waals surface area contributed by atoms with Gasteiger partial charge in [-0.1, -0.05) is 91.0 Å². The van der Waals surface area contributed by atoms with Crippen molar-refractivity contribution < 1.29 is 18.6 Å². The van der Waals surface area contributed by atoms with Crippen LogP contribution in [-0.2, 0) is 18.6 Å². The van der Waals surface area contributed by atoms with Crippen molar-refractivity contribution in [3.63, 3.8) is 0 Å². The van der Waals surface area contributed by atoms with Crippen LogP contribution in [0.1, 0.15) is 35.0 Å². The minimum atomic E-state index is -0.580. The zero-order valence-electron chi connectivity index (χ0n) is 15.4. The van der Waals surface area contributed by atoms with Gasteiger partial charge < -0.3 is 18.6 Å². The molecule has 5 rings (SSSR count). The predicted octanol–water partition coefficient (Wildman–Crippen LogP) is 4.36. The van der Waals surface area contributed by atoms with Gasteiger partial charge in [0.25, 0.3) is 0 Å². The second-order valence-corrected chi connectivity index (χ2v) is 7.04. The molecular weight excluding hydrogens is 350 g/mol. The minimum Gasteiger partial charge on any atom is -0.410 e. The van der Waals surface area contributed by atoms with Gasteiger partial charge in [-0.05, 0) is 16.7 Å². The first-order valence-electron chi connectivity index (χ1n) is 9.61. The lowest BCUT2D eigenvalue weighted by molar-refractivity contribution is 0.159. The summed E-state index contributed by atoms with van der Waals surface area (Å²) in [5.74, 6) is 0. The van der Waals surface area contributed by atoms with Gasteiger partial charge in [-0.25, -0.2) is 0 Å². The number of hydrogen-bond donors (Lipinski definition) is 0. The van der Waals surface area contributed by atoms with Crippen LogP contribution in [0, 0.1) is 0 Å². The van der Waals surface area contributed by atoms with E-state index in [1.165, 1.54) is 0 Å². The van der Waals surface area contributed by atoms with E-state index in [-0.39, 0.29) is 18.3 Å². The molecule has 0 bridgehead atoms. The fourth-order valence-corrected chi connectivity index (χ4v) is 3.79. The molecule has 0 spiro atoms. The summed E-state index contributed by atoms with van der Waals surface area (Å²) in [4.78, 5) is 0. The first-order chi connectivity index (χ1) is 13.9. The summed E-state index contributed by atoms with van der Waals surface area (Å²) in [6.45, 7) is 0.490. The highest BCUT2D eigenvalue weighted by atomic mass is 16.7. The molecule has 138 valence electrons. The predicted molar refractivity (Wildman–Crippen MR) is 108 cm³/mol. The number of rotatable bonds is 4. The van der Waals surface area contributed by atoms with Gasteiger partial charge in [-0.3, -0.25) is 0 Å². The largest absolute Gasteiger partial charge is 0.489 e. The third-order valence-electron chi connectivity index (χ3n) is 5.20. The molecule has 0 aliphatic carbocycles. The van der Waals surface area contributed by atoms with Gasteiger partial charge in [0, 0.05) is 0 Å². The Bertz CT molecular complexity index is 847. The molecule has 4 nitrogen and oxygen atoms in total. The van der Waals surface area contributed by atoms with E-state index in [4.69, 9.17) is 18.6 Å². The quantitative estimate of drug-likeness (QED) is 0.640. The minimum absolute atomic E-state index is 0.107. The van der Waals surface area contributed by atoms with Crippen LogP contribution in [0.5, 0.6) is 0 Å². The van der Waals surface area contributed by atoms with Crippen LogP contribution in [0.15, 0.2) is 91.0 Å². The maximum absolute atomic E-state index is 6.31. The summed E-state index contributed by atoms with van der Waals surface area (Å²) in [5, 5.41) is 0. The molecule has 2 aliphatic rings. The Morgan fingerprint density at radius 2 is 1.00 bits per heavy atom. The Balaban J connectivity index is 1.37. The molecule has 3 aromatic rings. The fourth-order valence-electron chi connectivity index (χ4n) is 3.79. The van der Waals surface area contributed by atoms with Crippen molar-refractivity contribution in [1.29, 1.82) is 0 Å². The lowest BCUT2D eigenvalue weighted by Gasteiger charge is -2.19. The van der Waals surface area contributed by atoms with Crippen LogP contribution in [0.2, 0.25) is 0 Å². The molecule has 3 atom stereocenters. The highest BCUT2D eigenvalue weighted by molar-refractivity contribution is 7.11. The molecule has 0 N–H and O–H groups in total. The smallest absolute Gasteiger partial charge is 0.410 e. The van der Waals surface area contributed by atoms with E-state index in [1.54, 1.807) is 0 Å². The van der Waals surface area contributed by atoms with Crippen molar-refractivity contribution in [2.75, 3.05) is 6.61 Å². The Kier molecular flexibility index (Phi) is 5.02. The van der Waals surface area contributed by atoms with Crippen molar-refractivity contribution in [3.05, 3.63) is 108 Å². The van der Waals surface area contributed by atoms with Gasteiger partial charge >= 0.3 is 14.0 Å². The van der Waals surface area contributed by atoms with Crippen LogP contribution in [-0.4, -0.2) is 20.6 Å². The Morgan fingerprint density at radius 1 is 0.536 bits per heavy atom. The highest BCUT2D eigenvalue weighted by Crippen LogP contribution is 2.43. The summed E-state index contributed by atoms with van der Waals surface area (Å²) in [5.41, 5.74) is 3.26. The standard InChI is InChI=1S/C22H20B2O4/c1-4-10-17(11-5-1)20-16-25-23(26-20)24-27-21(18-12-6-2-7-13-18)22(28-24)19-14-8-3-9-15-19/h1-15,20-22H,16H2/t20-,21+,22+/m0/s1. The number of hydrogen-bond acceptors (Lipinski definition) is 4. The van der Waals surface area contributed by atoms with Crippen molar-refractivity contribution in [2.45, 2.75) is 18.3 Å². The molecule has 2 aliphatic heterocycles. The van der Waals surface area contributed by atoms with Gasteiger partial charge in [0.15, 0.2) is 0 Å². The van der Waals surface area contributed by atoms with Crippen molar-refractivity contribution in [3.8, 4) is 0 Å². The molecule has 0 unspecified atom stereocenters. The molecular formula is C22H20B2O4. The normalized spacial score (nSPS) is 24.6. The van der Waals surface area contributed by atoms with E-state index in [2.05, 4.69) is 24.3 Å². The van der Waals surface area contributed by atoms with Crippen molar-refractivity contribution >= 4 is 14.0 Å². The zero-order valence-corrected chi connectivity index (χ0v) is 15.4. The first kappa shape index (κ1) is 17.7. The monoisotopic (exact) mass is 370 g/mol. The van der Waals surface area contributed by atoms with Crippen molar-refractivity contribution in [2.24, 2.45) is 0 Å². The van der Waals surface area contributed by atoms with E-state index in [0.717, 1.165) is 16.7 Å². The van der Waals surface area contributed by atoms with E-state index < -0.39 is 14.0 Å². The molecule has 0 saturated carbocycles. The second-order valence-electron chi connectivity index (χ2n) is 7.04. The van der Waals surface area contributed by atoms with Gasteiger partial charge in [0.2, 0.25) is 0 Å². The van der Waals surface area contributed by atoms with Crippen LogP contribution in [0.25, 0.3) is 0 Å². The van der Waals surface area contributed by atoms with E-state index in [1.807, 2.05) is 66.7 Å². The average Bonchev–Trinajstić information content (AvgIpc) is 3.43. The zero-order chi connectivity index (χ0) is 18.8. The second kappa shape index (κ2) is 7.94. The maximum Gasteiger partial charge on any atom is 0.489 e. The molecule has 0 aromatic heterocycles. The van der Waals surface area contributed by atoms with Crippen LogP contribution >= 0.6 is 0 Å². The lowest BCUT2D eigenvalue weighted by atomic mass is 9.49. The Morgan fingerprint density at radius 3 is 1.50 bits per heavy atom. The number of benzene rings is 3. The Labute approximate surface area is 165 Å². The van der Waals surface area contributed by atoms with E-state index in [0.29, 0.717) is 6.61 Å². The maximum atomic E-state index is 6.31. The highest BCUT2D eigenvalue weighted by Gasteiger charge is 2.53. The SMILES string of the molecule is c1ccc([C@@H]2COB(B3O[C@H](c4ccccc4)[C@@H](c4ccccc4)O3)O2)cc1. The first-order valence-corrected chi connectivity index (χ1v) is 9.61. The molecule has 0 amide bonds. The van der Waals surface area contributed by atoms with E-state index >= 15 is 0 Å². The lowest BCUT2D eigenvalue weighted by Crippen LogP contribution is -2.39.